The third kappa shape index (κ3) is 3.48. The van der Waals surface area contributed by atoms with Gasteiger partial charge in [0.15, 0.2) is 6.29 Å². The van der Waals surface area contributed by atoms with Gasteiger partial charge in [-0.2, -0.15) is 0 Å². The number of esters is 1. The molecule has 27 heavy (non-hydrogen) atoms. The molecular weight excluding hydrogens is 364 g/mol. The maximum Gasteiger partial charge on any atom is 0.337 e. The molecule has 2 fully saturated rings. The van der Waals surface area contributed by atoms with Crippen molar-refractivity contribution in [3.05, 3.63) is 11.8 Å². The van der Waals surface area contributed by atoms with E-state index in [9.17, 15) is 30.0 Å². The van der Waals surface area contributed by atoms with E-state index in [2.05, 4.69) is 0 Å². The SMILES string of the molecule is COC(=O)C1=COC(OC2OC(CO)C(O)C(O)C2O)[C@H]2C(C)CC(=O)[C@@H]12. The number of aliphatic hydroxyl groups is 4. The van der Waals surface area contributed by atoms with Crippen molar-refractivity contribution in [3.8, 4) is 0 Å². The van der Waals surface area contributed by atoms with E-state index in [-0.39, 0.29) is 23.7 Å². The molecule has 0 bridgehead atoms. The van der Waals surface area contributed by atoms with Crippen molar-refractivity contribution in [2.24, 2.45) is 17.8 Å². The Morgan fingerprint density at radius 2 is 1.93 bits per heavy atom. The Hall–Kier alpha value is -1.56. The van der Waals surface area contributed by atoms with E-state index in [0.29, 0.717) is 0 Å². The van der Waals surface area contributed by atoms with Crippen molar-refractivity contribution < 1.29 is 49.0 Å². The van der Waals surface area contributed by atoms with Crippen LogP contribution in [0.4, 0.5) is 0 Å². The standard InChI is InChI=1S/C17H24O10/c1-6-3-8(19)11-7(15(23)24-2)5-25-16(10(6)11)27-17-14(22)13(21)12(20)9(4-18)26-17/h5-6,9-14,16-18,20-22H,3-4H2,1-2H3/t6?,9?,10-,11+,12?,13?,14?,16?,17?/m0/s1. The lowest BCUT2D eigenvalue weighted by Crippen LogP contribution is -2.60. The number of carbonyl (C=O) groups excluding carboxylic acids is 2. The Morgan fingerprint density at radius 1 is 1.22 bits per heavy atom. The summed E-state index contributed by atoms with van der Waals surface area (Å²) in [5, 5.41) is 39.1. The minimum absolute atomic E-state index is 0.102. The molecule has 0 spiro atoms. The molecule has 4 N–H and O–H groups in total. The summed E-state index contributed by atoms with van der Waals surface area (Å²) in [4.78, 5) is 24.4. The first-order chi connectivity index (χ1) is 12.8. The first-order valence-electron chi connectivity index (χ1n) is 8.72. The van der Waals surface area contributed by atoms with Crippen LogP contribution in [0.25, 0.3) is 0 Å². The second-order valence-corrected chi connectivity index (χ2v) is 7.11. The molecule has 10 nitrogen and oxygen atoms in total. The van der Waals surface area contributed by atoms with Crippen molar-refractivity contribution in [3.63, 3.8) is 0 Å². The van der Waals surface area contributed by atoms with Crippen molar-refractivity contribution in [2.75, 3.05) is 13.7 Å². The van der Waals surface area contributed by atoms with Crippen LogP contribution in [0.2, 0.25) is 0 Å². The van der Waals surface area contributed by atoms with Gasteiger partial charge >= 0.3 is 5.97 Å². The van der Waals surface area contributed by atoms with Gasteiger partial charge in [-0.1, -0.05) is 6.92 Å². The van der Waals surface area contributed by atoms with Gasteiger partial charge in [-0.3, -0.25) is 4.79 Å². The Bertz CT molecular complexity index is 617. The molecule has 0 aromatic carbocycles. The zero-order valence-electron chi connectivity index (χ0n) is 14.9. The third-order valence-corrected chi connectivity index (χ3v) is 5.43. The first-order valence-corrected chi connectivity index (χ1v) is 8.72. The predicted octanol–water partition coefficient (Wildman–Crippen LogP) is -1.94. The Labute approximate surface area is 155 Å². The number of hydrogen-bond acceptors (Lipinski definition) is 10. The largest absolute Gasteiger partial charge is 0.472 e. The lowest BCUT2D eigenvalue weighted by atomic mass is 9.83. The molecular formula is C17H24O10. The molecule has 2 heterocycles. The van der Waals surface area contributed by atoms with Crippen LogP contribution in [0, 0.1) is 17.8 Å². The highest BCUT2D eigenvalue weighted by Gasteiger charge is 2.54. The van der Waals surface area contributed by atoms with Crippen LogP contribution in [-0.2, 0) is 28.5 Å². The monoisotopic (exact) mass is 388 g/mol. The van der Waals surface area contributed by atoms with Crippen LogP contribution in [0.5, 0.6) is 0 Å². The quantitative estimate of drug-likeness (QED) is 0.400. The molecule has 0 amide bonds. The zero-order chi connectivity index (χ0) is 19.9. The average Bonchev–Trinajstić information content (AvgIpc) is 2.96. The maximum absolute atomic E-state index is 12.4. The van der Waals surface area contributed by atoms with E-state index >= 15 is 0 Å². The minimum atomic E-state index is -1.59. The molecule has 10 heteroatoms. The molecule has 1 saturated carbocycles. The maximum atomic E-state index is 12.4. The third-order valence-electron chi connectivity index (χ3n) is 5.43. The van der Waals surface area contributed by atoms with Crippen LogP contribution in [0.15, 0.2) is 11.8 Å². The lowest BCUT2D eigenvalue weighted by molar-refractivity contribution is -0.342. The number of fused-ring (bicyclic) bond motifs is 1. The van der Waals surface area contributed by atoms with Gasteiger partial charge in [0.05, 0.1) is 31.5 Å². The summed E-state index contributed by atoms with van der Waals surface area (Å²) in [5.41, 5.74) is 0.102. The minimum Gasteiger partial charge on any atom is -0.472 e. The van der Waals surface area contributed by atoms with E-state index < -0.39 is 61.4 Å². The molecule has 7 unspecified atom stereocenters. The van der Waals surface area contributed by atoms with Crippen LogP contribution >= 0.6 is 0 Å². The van der Waals surface area contributed by atoms with Gasteiger partial charge in [0.1, 0.15) is 30.2 Å². The van der Waals surface area contributed by atoms with Gasteiger partial charge in [0.25, 0.3) is 0 Å². The Balaban J connectivity index is 1.82. The zero-order valence-corrected chi connectivity index (χ0v) is 14.9. The van der Waals surface area contributed by atoms with Crippen LogP contribution in [0.1, 0.15) is 13.3 Å². The van der Waals surface area contributed by atoms with Gasteiger partial charge in [0.2, 0.25) is 6.29 Å². The van der Waals surface area contributed by atoms with E-state index in [1.807, 2.05) is 6.92 Å². The highest BCUT2D eigenvalue weighted by atomic mass is 16.8. The molecule has 152 valence electrons. The van der Waals surface area contributed by atoms with Crippen LogP contribution in [-0.4, -0.2) is 82.9 Å². The van der Waals surface area contributed by atoms with Gasteiger partial charge in [-0.15, -0.1) is 0 Å². The van der Waals surface area contributed by atoms with Crippen LogP contribution < -0.4 is 0 Å². The highest BCUT2D eigenvalue weighted by Crippen LogP contribution is 2.45. The number of hydrogen-bond donors (Lipinski definition) is 4. The number of ketones is 1. The van der Waals surface area contributed by atoms with E-state index in [0.717, 1.165) is 6.26 Å². The fraction of sp³-hybridized carbons (Fsp3) is 0.765. The average molecular weight is 388 g/mol. The summed E-state index contributed by atoms with van der Waals surface area (Å²) < 4.78 is 21.2. The van der Waals surface area contributed by atoms with E-state index in [1.54, 1.807) is 0 Å². The summed E-state index contributed by atoms with van der Waals surface area (Å²) in [6.07, 6.45) is -6.93. The van der Waals surface area contributed by atoms with Gasteiger partial charge in [0, 0.05) is 12.3 Å². The van der Waals surface area contributed by atoms with Crippen molar-refractivity contribution in [1.29, 1.82) is 0 Å². The Kier molecular flexibility index (Phi) is 5.84. The fourth-order valence-corrected chi connectivity index (χ4v) is 3.96. The summed E-state index contributed by atoms with van der Waals surface area (Å²) in [6.45, 7) is 1.22. The van der Waals surface area contributed by atoms with Gasteiger partial charge in [-0.05, 0) is 5.92 Å². The van der Waals surface area contributed by atoms with E-state index in [1.165, 1.54) is 7.11 Å². The molecule has 3 aliphatic rings. The summed E-state index contributed by atoms with van der Waals surface area (Å²) in [6, 6.07) is 0. The lowest BCUT2D eigenvalue weighted by Gasteiger charge is -2.42. The molecule has 0 radical (unpaired) electrons. The molecule has 1 saturated heterocycles. The van der Waals surface area contributed by atoms with Gasteiger partial charge in [-0.25, -0.2) is 4.79 Å². The first kappa shape index (κ1) is 20.2. The van der Waals surface area contributed by atoms with Crippen molar-refractivity contribution in [1.82, 2.24) is 0 Å². The molecule has 1 aliphatic carbocycles. The molecule has 2 aliphatic heterocycles. The second kappa shape index (κ2) is 7.82. The van der Waals surface area contributed by atoms with Crippen molar-refractivity contribution >= 4 is 11.8 Å². The number of ether oxygens (including phenoxy) is 4. The smallest absolute Gasteiger partial charge is 0.337 e. The topological polar surface area (TPSA) is 152 Å². The normalized spacial score (nSPS) is 44.3. The summed E-state index contributed by atoms with van der Waals surface area (Å²) in [5.74, 6) is -2.28. The number of Topliss-reactive ketones (excluding diaryl/α,β-unsaturated/α-hetero) is 1. The highest BCUT2D eigenvalue weighted by molar-refractivity contribution is 5.99. The second-order valence-electron chi connectivity index (χ2n) is 7.11. The molecule has 9 atom stereocenters. The number of aliphatic hydroxyl groups excluding tert-OH is 4. The van der Waals surface area contributed by atoms with Gasteiger partial charge < -0.3 is 39.4 Å². The number of methoxy groups -OCH3 is 1. The number of rotatable bonds is 4. The van der Waals surface area contributed by atoms with Crippen molar-refractivity contribution in [2.45, 2.75) is 50.3 Å². The molecule has 0 aromatic heterocycles. The molecule has 3 rings (SSSR count). The number of carbonyl (C=O) groups is 2. The predicted molar refractivity (Wildman–Crippen MR) is 85.6 cm³/mol. The summed E-state index contributed by atoms with van der Waals surface area (Å²) in [7, 11) is 1.21. The molecule has 0 aromatic rings. The van der Waals surface area contributed by atoms with E-state index in [4.69, 9.17) is 18.9 Å². The fourth-order valence-electron chi connectivity index (χ4n) is 3.96. The summed E-state index contributed by atoms with van der Waals surface area (Å²) >= 11 is 0. The van der Waals surface area contributed by atoms with Crippen LogP contribution in [0.3, 0.4) is 0 Å². The Morgan fingerprint density at radius 3 is 2.56 bits per heavy atom.